The number of benzene rings is 1. The van der Waals surface area contributed by atoms with Gasteiger partial charge in [-0.2, -0.15) is 0 Å². The van der Waals surface area contributed by atoms with Crippen molar-refractivity contribution in [2.45, 2.75) is 6.92 Å². The highest BCUT2D eigenvalue weighted by Crippen LogP contribution is 2.19. The first kappa shape index (κ1) is 13.9. The number of aromatic nitrogens is 2. The minimum absolute atomic E-state index is 0.174. The zero-order chi connectivity index (χ0) is 15.4. The Morgan fingerprint density at radius 1 is 0.955 bits per heavy atom. The van der Waals surface area contributed by atoms with Crippen LogP contribution in [-0.2, 0) is 0 Å². The number of para-hydroxylation sites is 1. The monoisotopic (exact) mass is 289 g/mol. The third-order valence-corrected chi connectivity index (χ3v) is 3.39. The zero-order valence-electron chi connectivity index (χ0n) is 12.2. The SMILES string of the molecule is Cc1ccccc1NC(=O)c1cncc(-c2cccnc2)c1. The van der Waals surface area contributed by atoms with Crippen LogP contribution in [-0.4, -0.2) is 15.9 Å². The standard InChI is InChI=1S/C18H15N3O/c1-13-5-2-3-7-17(13)21-18(22)16-9-15(11-20-12-16)14-6-4-8-19-10-14/h2-12H,1H3,(H,21,22). The van der Waals surface area contributed by atoms with Crippen molar-refractivity contribution < 1.29 is 4.79 Å². The molecule has 0 atom stereocenters. The molecule has 0 unspecified atom stereocenters. The highest BCUT2D eigenvalue weighted by Gasteiger charge is 2.09. The molecule has 0 fully saturated rings. The number of pyridine rings is 2. The summed E-state index contributed by atoms with van der Waals surface area (Å²) in [4.78, 5) is 20.6. The summed E-state index contributed by atoms with van der Waals surface area (Å²) in [6.07, 6.45) is 6.75. The molecule has 2 heterocycles. The lowest BCUT2D eigenvalue weighted by atomic mass is 10.1. The van der Waals surface area contributed by atoms with E-state index in [2.05, 4.69) is 15.3 Å². The summed E-state index contributed by atoms with van der Waals surface area (Å²) in [5.41, 5.74) is 4.14. The van der Waals surface area contributed by atoms with Crippen LogP contribution in [0.2, 0.25) is 0 Å². The molecule has 0 saturated heterocycles. The molecule has 0 radical (unpaired) electrons. The molecule has 0 aliphatic rings. The molecular formula is C18H15N3O. The first-order valence-corrected chi connectivity index (χ1v) is 6.96. The molecule has 3 rings (SSSR count). The van der Waals surface area contributed by atoms with Gasteiger partial charge >= 0.3 is 0 Å². The van der Waals surface area contributed by atoms with Crippen molar-refractivity contribution in [1.82, 2.24) is 9.97 Å². The lowest BCUT2D eigenvalue weighted by Gasteiger charge is -2.08. The van der Waals surface area contributed by atoms with E-state index in [4.69, 9.17) is 0 Å². The van der Waals surface area contributed by atoms with Gasteiger partial charge in [0.2, 0.25) is 0 Å². The van der Waals surface area contributed by atoms with E-state index >= 15 is 0 Å². The quantitative estimate of drug-likeness (QED) is 0.799. The van der Waals surface area contributed by atoms with Gasteiger partial charge in [0.1, 0.15) is 0 Å². The van der Waals surface area contributed by atoms with Gasteiger partial charge < -0.3 is 5.32 Å². The number of aryl methyl sites for hydroxylation is 1. The summed E-state index contributed by atoms with van der Waals surface area (Å²) in [5, 5.41) is 2.91. The van der Waals surface area contributed by atoms with Gasteiger partial charge in [0, 0.05) is 41.6 Å². The fourth-order valence-corrected chi connectivity index (χ4v) is 2.16. The maximum absolute atomic E-state index is 12.4. The molecular weight excluding hydrogens is 274 g/mol. The summed E-state index contributed by atoms with van der Waals surface area (Å²) in [6, 6.07) is 13.3. The highest BCUT2D eigenvalue weighted by atomic mass is 16.1. The lowest BCUT2D eigenvalue weighted by Crippen LogP contribution is -2.13. The predicted molar refractivity (Wildman–Crippen MR) is 86.6 cm³/mol. The number of nitrogens with zero attached hydrogens (tertiary/aromatic N) is 2. The van der Waals surface area contributed by atoms with E-state index in [1.807, 2.05) is 49.4 Å². The number of anilines is 1. The number of carbonyl (C=O) groups is 1. The van der Waals surface area contributed by atoms with Crippen LogP contribution in [0.1, 0.15) is 15.9 Å². The number of hydrogen-bond donors (Lipinski definition) is 1. The molecule has 0 aliphatic heterocycles. The molecule has 0 saturated carbocycles. The number of carbonyl (C=O) groups excluding carboxylic acids is 1. The molecule has 4 nitrogen and oxygen atoms in total. The number of nitrogens with one attached hydrogen (secondary N) is 1. The van der Waals surface area contributed by atoms with Gasteiger partial charge in [-0.3, -0.25) is 14.8 Å². The first-order valence-electron chi connectivity index (χ1n) is 6.96. The van der Waals surface area contributed by atoms with Gasteiger partial charge in [-0.05, 0) is 30.7 Å². The second-order valence-corrected chi connectivity index (χ2v) is 4.97. The van der Waals surface area contributed by atoms with Crippen LogP contribution in [0.5, 0.6) is 0 Å². The van der Waals surface area contributed by atoms with E-state index in [0.717, 1.165) is 22.4 Å². The van der Waals surface area contributed by atoms with Gasteiger partial charge in [-0.1, -0.05) is 24.3 Å². The van der Waals surface area contributed by atoms with Crippen LogP contribution in [0.3, 0.4) is 0 Å². The van der Waals surface area contributed by atoms with Gasteiger partial charge in [0.15, 0.2) is 0 Å². The van der Waals surface area contributed by atoms with Crippen molar-refractivity contribution in [3.8, 4) is 11.1 Å². The maximum Gasteiger partial charge on any atom is 0.257 e. The zero-order valence-corrected chi connectivity index (χ0v) is 12.2. The number of rotatable bonds is 3. The Morgan fingerprint density at radius 2 is 1.77 bits per heavy atom. The van der Waals surface area contributed by atoms with Crippen molar-refractivity contribution in [2.75, 3.05) is 5.32 Å². The second-order valence-electron chi connectivity index (χ2n) is 4.97. The van der Waals surface area contributed by atoms with Gasteiger partial charge in [-0.25, -0.2) is 0 Å². The van der Waals surface area contributed by atoms with Gasteiger partial charge in [0.05, 0.1) is 5.56 Å². The minimum Gasteiger partial charge on any atom is -0.322 e. The van der Waals surface area contributed by atoms with Crippen molar-refractivity contribution in [2.24, 2.45) is 0 Å². The fourth-order valence-electron chi connectivity index (χ4n) is 2.16. The van der Waals surface area contributed by atoms with Gasteiger partial charge in [0.25, 0.3) is 5.91 Å². The van der Waals surface area contributed by atoms with E-state index < -0.39 is 0 Å². The summed E-state index contributed by atoms with van der Waals surface area (Å²) < 4.78 is 0. The summed E-state index contributed by atoms with van der Waals surface area (Å²) in [7, 11) is 0. The average Bonchev–Trinajstić information content (AvgIpc) is 2.58. The molecule has 1 amide bonds. The Kier molecular flexibility index (Phi) is 3.92. The van der Waals surface area contributed by atoms with Crippen LogP contribution < -0.4 is 5.32 Å². The predicted octanol–water partition coefficient (Wildman–Crippen LogP) is 3.70. The topological polar surface area (TPSA) is 54.9 Å². The molecule has 0 bridgehead atoms. The highest BCUT2D eigenvalue weighted by molar-refractivity contribution is 6.05. The lowest BCUT2D eigenvalue weighted by molar-refractivity contribution is 0.102. The molecule has 3 aromatic rings. The number of hydrogen-bond acceptors (Lipinski definition) is 3. The van der Waals surface area contributed by atoms with Crippen molar-refractivity contribution in [1.29, 1.82) is 0 Å². The molecule has 2 aromatic heterocycles. The Bertz CT molecular complexity index is 800. The molecule has 1 aromatic carbocycles. The van der Waals surface area contributed by atoms with E-state index in [9.17, 15) is 4.79 Å². The Balaban J connectivity index is 1.86. The van der Waals surface area contributed by atoms with E-state index in [1.165, 1.54) is 0 Å². The van der Waals surface area contributed by atoms with Crippen LogP contribution in [0.25, 0.3) is 11.1 Å². The molecule has 22 heavy (non-hydrogen) atoms. The molecule has 1 N–H and O–H groups in total. The molecule has 0 aliphatic carbocycles. The van der Waals surface area contributed by atoms with Crippen molar-refractivity contribution in [3.05, 3.63) is 78.4 Å². The van der Waals surface area contributed by atoms with Crippen LogP contribution >= 0.6 is 0 Å². The third-order valence-electron chi connectivity index (χ3n) is 3.39. The Morgan fingerprint density at radius 3 is 2.55 bits per heavy atom. The Labute approximate surface area is 128 Å². The fraction of sp³-hybridized carbons (Fsp3) is 0.0556. The molecule has 108 valence electrons. The largest absolute Gasteiger partial charge is 0.322 e. The Hall–Kier alpha value is -3.01. The van der Waals surface area contributed by atoms with E-state index in [0.29, 0.717) is 5.56 Å². The third kappa shape index (κ3) is 3.01. The average molecular weight is 289 g/mol. The van der Waals surface area contributed by atoms with Crippen molar-refractivity contribution >= 4 is 11.6 Å². The van der Waals surface area contributed by atoms with Crippen molar-refractivity contribution in [3.63, 3.8) is 0 Å². The summed E-state index contributed by atoms with van der Waals surface area (Å²) in [6.45, 7) is 1.96. The van der Waals surface area contributed by atoms with Gasteiger partial charge in [-0.15, -0.1) is 0 Å². The molecule has 0 spiro atoms. The minimum atomic E-state index is -0.174. The van der Waals surface area contributed by atoms with Crippen LogP contribution in [0.4, 0.5) is 5.69 Å². The smallest absolute Gasteiger partial charge is 0.257 e. The normalized spacial score (nSPS) is 10.2. The van der Waals surface area contributed by atoms with E-state index in [-0.39, 0.29) is 5.91 Å². The number of amides is 1. The second kappa shape index (κ2) is 6.18. The van der Waals surface area contributed by atoms with Crippen LogP contribution in [0, 0.1) is 6.92 Å². The maximum atomic E-state index is 12.4. The van der Waals surface area contributed by atoms with E-state index in [1.54, 1.807) is 24.8 Å². The summed E-state index contributed by atoms with van der Waals surface area (Å²) in [5.74, 6) is -0.174. The van der Waals surface area contributed by atoms with Crippen LogP contribution in [0.15, 0.2) is 67.3 Å². The summed E-state index contributed by atoms with van der Waals surface area (Å²) >= 11 is 0. The molecule has 4 heteroatoms. The first-order chi connectivity index (χ1) is 10.7.